The Kier molecular flexibility index (Phi) is 22.0. The second-order valence-corrected chi connectivity index (χ2v) is 12.2. The van der Waals surface area contributed by atoms with Gasteiger partial charge in [-0.25, -0.2) is 0 Å². The Balaban J connectivity index is 4.28. The van der Waals surface area contributed by atoms with Crippen molar-refractivity contribution >= 4 is 23.4 Å². The topological polar surface area (TPSA) is 92.3 Å². The lowest BCUT2D eigenvalue weighted by Crippen LogP contribution is -2.46. The molecule has 0 rings (SSSR count). The van der Waals surface area contributed by atoms with E-state index in [4.69, 9.17) is 0 Å². The number of nitrogens with one attached hydrogen (secondary N) is 2. The van der Waals surface area contributed by atoms with Crippen molar-refractivity contribution in [1.29, 1.82) is 0 Å². The van der Waals surface area contributed by atoms with Crippen LogP contribution in [0.5, 0.6) is 0 Å². The van der Waals surface area contributed by atoms with Crippen molar-refractivity contribution in [1.82, 2.24) is 10.6 Å². The third-order valence-electron chi connectivity index (χ3n) is 7.91. The van der Waals surface area contributed by atoms with Crippen molar-refractivity contribution in [2.75, 3.05) is 0 Å². The number of unbranched alkanes of at least 4 members (excludes halogenated alkanes) is 12. The van der Waals surface area contributed by atoms with Gasteiger partial charge in [-0.3, -0.25) is 19.2 Å². The summed E-state index contributed by atoms with van der Waals surface area (Å²) in [5.74, 6) is -0.791. The van der Waals surface area contributed by atoms with Gasteiger partial charge >= 0.3 is 0 Å². The van der Waals surface area contributed by atoms with E-state index in [2.05, 4.69) is 17.6 Å². The van der Waals surface area contributed by atoms with Gasteiger partial charge in [0.1, 0.15) is 0 Å². The van der Waals surface area contributed by atoms with E-state index in [0.717, 1.165) is 25.7 Å². The average Bonchev–Trinajstić information content (AvgIpc) is 2.88. The molecular weight excluding hydrogens is 488 g/mol. The number of carbonyl (C=O) groups excluding carboxylic acids is 4. The molecule has 0 aromatic rings. The zero-order valence-electron chi connectivity index (χ0n) is 26.5. The highest BCUT2D eigenvalue weighted by Gasteiger charge is 2.30. The Hall–Kier alpha value is -1.72. The van der Waals surface area contributed by atoms with Gasteiger partial charge in [0.2, 0.25) is 11.8 Å². The van der Waals surface area contributed by atoms with Crippen LogP contribution in [0.2, 0.25) is 0 Å². The maximum Gasteiger partial charge on any atom is 0.224 e. The molecule has 0 aromatic heterocycles. The van der Waals surface area contributed by atoms with Crippen LogP contribution in [0.15, 0.2) is 0 Å². The molecule has 4 atom stereocenters. The molecule has 2 amide bonds. The summed E-state index contributed by atoms with van der Waals surface area (Å²) in [6, 6.07) is -1.20. The number of hydrogen-bond acceptors (Lipinski definition) is 4. The van der Waals surface area contributed by atoms with Crippen molar-refractivity contribution in [3.63, 3.8) is 0 Å². The van der Waals surface area contributed by atoms with Gasteiger partial charge < -0.3 is 10.6 Å². The first kappa shape index (κ1) is 37.3. The second kappa shape index (κ2) is 23.0. The summed E-state index contributed by atoms with van der Waals surface area (Å²) < 4.78 is 0. The molecule has 2 N–H and O–H groups in total. The first-order valence-corrected chi connectivity index (χ1v) is 16.2. The lowest BCUT2D eigenvalue weighted by molar-refractivity contribution is -0.134. The van der Waals surface area contributed by atoms with Crippen LogP contribution in [-0.2, 0) is 19.2 Å². The highest BCUT2D eigenvalue weighted by Crippen LogP contribution is 2.21. The van der Waals surface area contributed by atoms with Crippen LogP contribution in [-0.4, -0.2) is 35.5 Å². The lowest BCUT2D eigenvalue weighted by atomic mass is 9.85. The molecule has 0 spiro atoms. The number of Topliss-reactive ketones (excluding diaryl/α,β-unsaturated/α-hetero) is 2. The van der Waals surface area contributed by atoms with Gasteiger partial charge in [0.25, 0.3) is 0 Å². The first-order chi connectivity index (χ1) is 18.5. The van der Waals surface area contributed by atoms with E-state index < -0.39 is 18.0 Å². The quantitative estimate of drug-likeness (QED) is 0.114. The first-order valence-electron chi connectivity index (χ1n) is 16.2. The summed E-state index contributed by atoms with van der Waals surface area (Å²) in [6.45, 7) is 13.6. The number of hydrogen-bond donors (Lipinski definition) is 2. The summed E-state index contributed by atoms with van der Waals surface area (Å²) in [6.07, 6.45) is 18.0. The monoisotopic (exact) mass is 550 g/mol. The molecule has 0 bridgehead atoms. The Morgan fingerprint density at radius 2 is 1.00 bits per heavy atom. The molecule has 6 heteroatoms. The van der Waals surface area contributed by atoms with E-state index in [-0.39, 0.29) is 41.6 Å². The molecule has 0 radical (unpaired) electrons. The minimum atomic E-state index is -0.626. The van der Waals surface area contributed by atoms with Gasteiger partial charge in [-0.2, -0.15) is 0 Å². The van der Waals surface area contributed by atoms with Crippen LogP contribution in [0.3, 0.4) is 0 Å². The van der Waals surface area contributed by atoms with Crippen LogP contribution in [0, 0.1) is 17.8 Å². The molecule has 6 nitrogen and oxygen atoms in total. The molecule has 0 unspecified atom stereocenters. The van der Waals surface area contributed by atoms with E-state index in [0.29, 0.717) is 12.8 Å². The zero-order valence-corrected chi connectivity index (χ0v) is 26.5. The summed E-state index contributed by atoms with van der Waals surface area (Å²) in [5.41, 5.74) is 0. The van der Waals surface area contributed by atoms with Crippen LogP contribution in [0.25, 0.3) is 0 Å². The highest BCUT2D eigenvalue weighted by atomic mass is 16.2. The predicted octanol–water partition coefficient (Wildman–Crippen LogP) is 7.71. The summed E-state index contributed by atoms with van der Waals surface area (Å²) >= 11 is 0. The molecule has 39 heavy (non-hydrogen) atoms. The van der Waals surface area contributed by atoms with Crippen molar-refractivity contribution in [2.45, 2.75) is 170 Å². The van der Waals surface area contributed by atoms with Crippen molar-refractivity contribution in [3.8, 4) is 0 Å². The van der Waals surface area contributed by atoms with E-state index >= 15 is 0 Å². The minimum absolute atomic E-state index is 0.00127. The van der Waals surface area contributed by atoms with Crippen LogP contribution < -0.4 is 10.6 Å². The maximum absolute atomic E-state index is 13.0. The van der Waals surface area contributed by atoms with Crippen molar-refractivity contribution in [2.24, 2.45) is 17.8 Å². The normalized spacial score (nSPS) is 14.5. The van der Waals surface area contributed by atoms with Gasteiger partial charge in [0.05, 0.1) is 12.1 Å². The van der Waals surface area contributed by atoms with Gasteiger partial charge in [-0.1, -0.05) is 118 Å². The van der Waals surface area contributed by atoms with Gasteiger partial charge in [-0.05, 0) is 32.1 Å². The van der Waals surface area contributed by atoms with Gasteiger partial charge in [0.15, 0.2) is 11.6 Å². The second-order valence-electron chi connectivity index (χ2n) is 12.2. The maximum atomic E-state index is 13.0. The van der Waals surface area contributed by atoms with Crippen LogP contribution in [0.4, 0.5) is 0 Å². The smallest absolute Gasteiger partial charge is 0.224 e. The van der Waals surface area contributed by atoms with Crippen LogP contribution in [0.1, 0.15) is 158 Å². The van der Waals surface area contributed by atoms with Gasteiger partial charge in [-0.15, -0.1) is 0 Å². The molecule has 0 aromatic carbocycles. The van der Waals surface area contributed by atoms with Crippen molar-refractivity contribution in [3.05, 3.63) is 0 Å². The molecule has 0 saturated heterocycles. The third kappa shape index (κ3) is 19.1. The summed E-state index contributed by atoms with van der Waals surface area (Å²) in [5, 5.41) is 5.66. The average molecular weight is 551 g/mol. The van der Waals surface area contributed by atoms with E-state index in [9.17, 15) is 19.2 Å². The SMILES string of the molecule is CCCCCCCCCCCCCCCC(=O)N[C@@H](C)C(=O)C[C@H](C(=O)N[C@@H](C)C(=O)CC(C)C)[C@@H](C)CC. The number of amides is 2. The zero-order chi connectivity index (χ0) is 29.6. The molecule has 0 aliphatic rings. The minimum Gasteiger partial charge on any atom is -0.347 e. The number of rotatable bonds is 25. The van der Waals surface area contributed by atoms with Crippen molar-refractivity contribution < 1.29 is 19.2 Å². The number of carbonyl (C=O) groups is 4. The standard InChI is InChI=1S/C33H62N2O4/c1-8-10-11-12-13-14-15-16-17-18-19-20-21-22-32(38)34-27(6)31(37)24-29(26(5)9-2)33(39)35-28(7)30(36)23-25(3)4/h25-29H,8-24H2,1-7H3,(H,34,38)(H,35,39)/t26-,27-,28-,29-/m0/s1. The molecule has 0 aliphatic carbocycles. The fourth-order valence-corrected chi connectivity index (χ4v) is 4.91. The fourth-order valence-electron chi connectivity index (χ4n) is 4.91. The predicted molar refractivity (Wildman–Crippen MR) is 163 cm³/mol. The number of ketones is 2. The Morgan fingerprint density at radius 3 is 1.46 bits per heavy atom. The fraction of sp³-hybridized carbons (Fsp3) is 0.879. The molecule has 228 valence electrons. The van der Waals surface area contributed by atoms with E-state index in [1.54, 1.807) is 13.8 Å². The molecule has 0 aliphatic heterocycles. The summed E-state index contributed by atoms with van der Waals surface area (Å²) in [4.78, 5) is 50.6. The van der Waals surface area contributed by atoms with E-state index in [1.807, 2.05) is 27.7 Å². The Morgan fingerprint density at radius 1 is 0.564 bits per heavy atom. The lowest BCUT2D eigenvalue weighted by Gasteiger charge is -2.25. The molecular formula is C33H62N2O4. The molecule has 0 heterocycles. The Labute approximate surface area is 240 Å². The van der Waals surface area contributed by atoms with Gasteiger partial charge in [0, 0.05) is 25.2 Å². The largest absolute Gasteiger partial charge is 0.347 e. The molecule has 0 fully saturated rings. The molecule has 0 saturated carbocycles. The third-order valence-corrected chi connectivity index (χ3v) is 7.91. The van der Waals surface area contributed by atoms with Crippen LogP contribution >= 0.6 is 0 Å². The Bertz CT molecular complexity index is 691. The van der Waals surface area contributed by atoms with E-state index in [1.165, 1.54) is 64.2 Å². The highest BCUT2D eigenvalue weighted by molar-refractivity contribution is 5.94. The summed E-state index contributed by atoms with van der Waals surface area (Å²) in [7, 11) is 0.